The van der Waals surface area contributed by atoms with Crippen molar-refractivity contribution in [2.75, 3.05) is 13.2 Å². The summed E-state index contributed by atoms with van der Waals surface area (Å²) in [5.74, 6) is -1.09. The molecule has 0 rings (SSSR count). The molecule has 0 fully saturated rings. The lowest BCUT2D eigenvalue weighted by atomic mass is 10.1. The van der Waals surface area contributed by atoms with E-state index in [-0.39, 0.29) is 26.1 Å². The Bertz CT molecular complexity index is 678. The molecule has 8 nitrogen and oxygen atoms in total. The first-order chi connectivity index (χ1) is 15.8. The van der Waals surface area contributed by atoms with Gasteiger partial charge in [0.1, 0.15) is 19.3 Å². The minimum atomic E-state index is -1.09. The van der Waals surface area contributed by atoms with Crippen LogP contribution in [0.2, 0.25) is 0 Å². The van der Waals surface area contributed by atoms with Crippen molar-refractivity contribution in [2.24, 2.45) is 0 Å². The summed E-state index contributed by atoms with van der Waals surface area (Å²) in [6.45, 7) is 2.71. The number of aliphatic hydroxyl groups excluding tert-OH is 4. The van der Waals surface area contributed by atoms with E-state index in [1.807, 2.05) is 19.1 Å². The van der Waals surface area contributed by atoms with Crippen molar-refractivity contribution in [1.82, 2.24) is 0 Å². The number of carbonyl (C=O) groups excluding carboxylic acids is 2. The predicted molar refractivity (Wildman–Crippen MR) is 126 cm³/mol. The van der Waals surface area contributed by atoms with Crippen LogP contribution in [0.25, 0.3) is 0 Å². The standard InChI is InChI=1S/C25H38O8/c1-3-4-9-13-21(27)14-10-7-5-6-8-11-15-23(29)24(30)16-12-17-25(31)33-19-22(28)18-32-20(2)26/h4-11,14-15,21-24,27-30H,3,12-13,16-19H2,1-2H3/b7-5+,8-6-,9-4-,14-10+,15-11-/t21-,22+,23+,24+/m1/s1. The SMILES string of the molecule is CC/C=C\C[C@@H](O)/C=C/C=C/C=C\C=C/[C@H](O)[C@@H](O)CCCC(=O)OC[C@@H](O)COC(C)=O. The van der Waals surface area contributed by atoms with Gasteiger partial charge in [-0.2, -0.15) is 0 Å². The monoisotopic (exact) mass is 466 g/mol. The number of hydrogen-bond acceptors (Lipinski definition) is 8. The van der Waals surface area contributed by atoms with Gasteiger partial charge >= 0.3 is 11.9 Å². The summed E-state index contributed by atoms with van der Waals surface area (Å²) in [6, 6.07) is 0. The number of hydrogen-bond donors (Lipinski definition) is 4. The quantitative estimate of drug-likeness (QED) is 0.146. The van der Waals surface area contributed by atoms with Crippen molar-refractivity contribution in [3.8, 4) is 0 Å². The largest absolute Gasteiger partial charge is 0.463 e. The number of ether oxygens (including phenoxy) is 2. The molecule has 4 atom stereocenters. The van der Waals surface area contributed by atoms with E-state index < -0.39 is 36.4 Å². The van der Waals surface area contributed by atoms with Gasteiger partial charge in [0.25, 0.3) is 0 Å². The van der Waals surface area contributed by atoms with Crippen LogP contribution in [-0.4, -0.2) is 70.0 Å². The Morgan fingerprint density at radius 3 is 2.09 bits per heavy atom. The second-order valence-electron chi connectivity index (χ2n) is 7.31. The number of carbonyl (C=O) groups is 2. The molecule has 0 spiro atoms. The Morgan fingerprint density at radius 1 is 0.848 bits per heavy atom. The van der Waals surface area contributed by atoms with Gasteiger partial charge in [-0.05, 0) is 25.7 Å². The third-order valence-corrected chi connectivity index (χ3v) is 4.17. The predicted octanol–water partition coefficient (Wildman–Crippen LogP) is 2.29. The van der Waals surface area contributed by atoms with Crippen LogP contribution in [0.15, 0.2) is 60.8 Å². The summed E-state index contributed by atoms with van der Waals surface area (Å²) in [4.78, 5) is 22.2. The van der Waals surface area contributed by atoms with Gasteiger partial charge in [-0.25, -0.2) is 0 Å². The van der Waals surface area contributed by atoms with Gasteiger partial charge in [0.2, 0.25) is 0 Å². The normalized spacial score (nSPS) is 16.2. The highest BCUT2D eigenvalue weighted by Gasteiger charge is 2.15. The Morgan fingerprint density at radius 2 is 1.45 bits per heavy atom. The fraction of sp³-hybridized carbons (Fsp3) is 0.520. The van der Waals surface area contributed by atoms with Crippen molar-refractivity contribution in [1.29, 1.82) is 0 Å². The molecule has 0 aliphatic rings. The zero-order valence-electron chi connectivity index (χ0n) is 19.5. The number of rotatable bonds is 17. The highest BCUT2D eigenvalue weighted by atomic mass is 16.6. The molecule has 0 aromatic heterocycles. The van der Waals surface area contributed by atoms with Crippen LogP contribution in [0.3, 0.4) is 0 Å². The molecule has 0 saturated carbocycles. The van der Waals surface area contributed by atoms with Gasteiger partial charge in [0.05, 0.1) is 18.3 Å². The summed E-state index contributed by atoms with van der Waals surface area (Å²) < 4.78 is 9.45. The van der Waals surface area contributed by atoms with Crippen molar-refractivity contribution in [3.63, 3.8) is 0 Å². The van der Waals surface area contributed by atoms with E-state index in [0.717, 1.165) is 6.42 Å². The highest BCUT2D eigenvalue weighted by Crippen LogP contribution is 2.08. The van der Waals surface area contributed by atoms with Crippen LogP contribution in [0.5, 0.6) is 0 Å². The smallest absolute Gasteiger partial charge is 0.305 e. The van der Waals surface area contributed by atoms with E-state index in [0.29, 0.717) is 12.8 Å². The second-order valence-corrected chi connectivity index (χ2v) is 7.31. The summed E-state index contributed by atoms with van der Waals surface area (Å²) in [6.07, 6.45) is 15.8. The lowest BCUT2D eigenvalue weighted by molar-refractivity contribution is -0.151. The molecule has 0 saturated heterocycles. The molecule has 33 heavy (non-hydrogen) atoms. The topological polar surface area (TPSA) is 134 Å². The van der Waals surface area contributed by atoms with E-state index in [1.54, 1.807) is 42.5 Å². The molecular weight excluding hydrogens is 428 g/mol. The fourth-order valence-corrected chi connectivity index (χ4v) is 2.39. The van der Waals surface area contributed by atoms with Gasteiger partial charge in [-0.15, -0.1) is 0 Å². The first-order valence-electron chi connectivity index (χ1n) is 11.1. The number of esters is 2. The van der Waals surface area contributed by atoms with Gasteiger partial charge in [-0.1, -0.05) is 67.7 Å². The Balaban J connectivity index is 4.04. The average Bonchev–Trinajstić information content (AvgIpc) is 2.77. The molecule has 0 radical (unpaired) electrons. The van der Waals surface area contributed by atoms with Crippen LogP contribution >= 0.6 is 0 Å². The summed E-state index contributed by atoms with van der Waals surface area (Å²) >= 11 is 0. The van der Waals surface area contributed by atoms with Gasteiger partial charge < -0.3 is 29.9 Å². The van der Waals surface area contributed by atoms with Crippen LogP contribution in [0, 0.1) is 0 Å². The summed E-state index contributed by atoms with van der Waals surface area (Å²) in [5.41, 5.74) is 0. The maximum atomic E-state index is 11.6. The third kappa shape index (κ3) is 19.9. The molecule has 4 N–H and O–H groups in total. The third-order valence-electron chi connectivity index (χ3n) is 4.17. The van der Waals surface area contributed by atoms with Gasteiger partial charge in [0, 0.05) is 13.3 Å². The van der Waals surface area contributed by atoms with E-state index >= 15 is 0 Å². The molecule has 186 valence electrons. The minimum Gasteiger partial charge on any atom is -0.463 e. The van der Waals surface area contributed by atoms with Crippen molar-refractivity contribution in [2.45, 2.75) is 70.4 Å². The fourth-order valence-electron chi connectivity index (χ4n) is 2.39. The summed E-state index contributed by atoms with van der Waals surface area (Å²) in [5, 5.41) is 39.1. The Kier molecular flexibility index (Phi) is 18.6. The molecule has 0 unspecified atom stereocenters. The maximum Gasteiger partial charge on any atom is 0.305 e. The van der Waals surface area contributed by atoms with Crippen molar-refractivity contribution < 1.29 is 39.5 Å². The van der Waals surface area contributed by atoms with Crippen molar-refractivity contribution in [3.05, 3.63) is 60.8 Å². The molecule has 0 bridgehead atoms. The summed E-state index contributed by atoms with van der Waals surface area (Å²) in [7, 11) is 0. The van der Waals surface area contributed by atoms with Crippen LogP contribution in [-0.2, 0) is 19.1 Å². The van der Waals surface area contributed by atoms with E-state index in [4.69, 9.17) is 4.74 Å². The number of aliphatic hydroxyl groups is 4. The molecule has 0 aromatic carbocycles. The molecule has 0 heterocycles. The first-order valence-corrected chi connectivity index (χ1v) is 11.1. The minimum absolute atomic E-state index is 0.0234. The Hall–Kier alpha value is -2.52. The second kappa shape index (κ2) is 20.1. The van der Waals surface area contributed by atoms with Crippen LogP contribution in [0.1, 0.15) is 46.0 Å². The first kappa shape index (κ1) is 30.5. The van der Waals surface area contributed by atoms with E-state index in [1.165, 1.54) is 13.0 Å². The van der Waals surface area contributed by atoms with E-state index in [2.05, 4.69) is 4.74 Å². The van der Waals surface area contributed by atoms with Gasteiger partial charge in [-0.3, -0.25) is 9.59 Å². The molecular formula is C25H38O8. The molecule has 0 aliphatic heterocycles. The average molecular weight is 467 g/mol. The lowest BCUT2D eigenvalue weighted by Gasteiger charge is -2.14. The van der Waals surface area contributed by atoms with Crippen LogP contribution < -0.4 is 0 Å². The number of allylic oxidation sites excluding steroid dienone is 7. The van der Waals surface area contributed by atoms with Crippen molar-refractivity contribution >= 4 is 11.9 Å². The molecule has 0 aliphatic carbocycles. The van der Waals surface area contributed by atoms with E-state index in [9.17, 15) is 30.0 Å². The molecule has 8 heteroatoms. The van der Waals surface area contributed by atoms with Crippen LogP contribution in [0.4, 0.5) is 0 Å². The zero-order chi connectivity index (χ0) is 24.9. The highest BCUT2D eigenvalue weighted by molar-refractivity contribution is 5.69. The van der Waals surface area contributed by atoms with Gasteiger partial charge in [0.15, 0.2) is 0 Å². The maximum absolute atomic E-state index is 11.6. The Labute approximate surface area is 196 Å². The zero-order valence-corrected chi connectivity index (χ0v) is 19.5. The molecule has 0 aromatic rings. The molecule has 0 amide bonds. The lowest BCUT2D eigenvalue weighted by Crippen LogP contribution is -2.25.